The van der Waals surface area contributed by atoms with Crippen LogP contribution in [0.3, 0.4) is 0 Å². The maximum absolute atomic E-state index is 12.9. The van der Waals surface area contributed by atoms with Crippen LogP contribution >= 0.6 is 0 Å². The first-order valence-corrected chi connectivity index (χ1v) is 9.23. The molecule has 1 fully saturated rings. The molecule has 1 saturated heterocycles. The summed E-state index contributed by atoms with van der Waals surface area (Å²) in [5.74, 6) is -1.10. The molecule has 2 rings (SSSR count). The topological polar surface area (TPSA) is 92.5 Å². The first-order valence-electron chi connectivity index (χ1n) is 7.62. The van der Waals surface area contributed by atoms with Gasteiger partial charge in [0, 0.05) is 26.2 Å². The third-order valence-electron chi connectivity index (χ3n) is 3.85. The first-order chi connectivity index (χ1) is 10.9. The average Bonchev–Trinajstić information content (AvgIpc) is 2.54. The van der Waals surface area contributed by atoms with Crippen molar-refractivity contribution in [1.82, 2.24) is 9.62 Å². The average molecular weight is 343 g/mol. The van der Waals surface area contributed by atoms with Crippen molar-refractivity contribution in [3.8, 4) is 0 Å². The van der Waals surface area contributed by atoms with Gasteiger partial charge in [0.25, 0.3) is 0 Å². The molecule has 1 atom stereocenters. The monoisotopic (exact) mass is 343 g/mol. The van der Waals surface area contributed by atoms with Crippen molar-refractivity contribution in [3.63, 3.8) is 0 Å². The SMILES string of the molecule is NCCNC(=O)C1CCCN(S(=O)(=O)Cc2ccc(F)cc2)C1. The Morgan fingerprint density at radius 3 is 2.70 bits per heavy atom. The van der Waals surface area contributed by atoms with Crippen molar-refractivity contribution < 1.29 is 17.6 Å². The normalized spacial score (nSPS) is 19.5. The van der Waals surface area contributed by atoms with Crippen molar-refractivity contribution >= 4 is 15.9 Å². The predicted molar refractivity (Wildman–Crippen MR) is 85.4 cm³/mol. The molecule has 1 heterocycles. The lowest BCUT2D eigenvalue weighted by Crippen LogP contribution is -2.46. The standard InChI is InChI=1S/C15H22FN3O3S/c16-14-5-3-12(4-6-14)11-23(21,22)19-9-1-2-13(10-19)15(20)18-8-7-17/h3-6,13H,1-2,7-11,17H2,(H,18,20). The lowest BCUT2D eigenvalue weighted by molar-refractivity contribution is -0.126. The molecule has 0 radical (unpaired) electrons. The fourth-order valence-corrected chi connectivity index (χ4v) is 4.24. The van der Waals surface area contributed by atoms with Crippen LogP contribution in [0.4, 0.5) is 4.39 Å². The minimum Gasteiger partial charge on any atom is -0.355 e. The van der Waals surface area contributed by atoms with E-state index >= 15 is 0 Å². The number of carbonyl (C=O) groups is 1. The summed E-state index contributed by atoms with van der Waals surface area (Å²) in [4.78, 5) is 12.0. The quantitative estimate of drug-likeness (QED) is 0.784. The molecule has 8 heteroatoms. The smallest absolute Gasteiger partial charge is 0.224 e. The number of carbonyl (C=O) groups excluding carboxylic acids is 1. The first kappa shape index (κ1) is 17.8. The van der Waals surface area contributed by atoms with Crippen LogP contribution in [0.2, 0.25) is 0 Å². The Morgan fingerprint density at radius 2 is 2.04 bits per heavy atom. The summed E-state index contributed by atoms with van der Waals surface area (Å²) >= 11 is 0. The molecule has 1 unspecified atom stereocenters. The minimum atomic E-state index is -3.53. The molecule has 3 N–H and O–H groups in total. The van der Waals surface area contributed by atoms with Gasteiger partial charge in [-0.15, -0.1) is 0 Å². The van der Waals surface area contributed by atoms with Crippen LogP contribution in [0.5, 0.6) is 0 Å². The Balaban J connectivity index is 2.01. The number of amides is 1. The highest BCUT2D eigenvalue weighted by Gasteiger charge is 2.32. The van der Waals surface area contributed by atoms with Crippen molar-refractivity contribution in [2.24, 2.45) is 11.7 Å². The summed E-state index contributed by atoms with van der Waals surface area (Å²) in [6, 6.07) is 5.40. The lowest BCUT2D eigenvalue weighted by atomic mass is 9.99. The summed E-state index contributed by atoms with van der Waals surface area (Å²) in [5.41, 5.74) is 5.88. The minimum absolute atomic E-state index is 0.155. The number of nitrogens with two attached hydrogens (primary N) is 1. The molecule has 0 saturated carbocycles. The van der Waals surface area contributed by atoms with Crippen LogP contribution in [0.25, 0.3) is 0 Å². The van der Waals surface area contributed by atoms with E-state index in [9.17, 15) is 17.6 Å². The second-order valence-corrected chi connectivity index (χ2v) is 7.63. The highest BCUT2D eigenvalue weighted by atomic mass is 32.2. The number of hydrogen-bond donors (Lipinski definition) is 2. The summed E-state index contributed by atoms with van der Waals surface area (Å²) < 4.78 is 39.3. The van der Waals surface area contributed by atoms with E-state index in [1.54, 1.807) is 0 Å². The maximum Gasteiger partial charge on any atom is 0.224 e. The second-order valence-electron chi connectivity index (χ2n) is 5.66. The number of piperidine rings is 1. The Kier molecular flexibility index (Phi) is 6.09. The Hall–Kier alpha value is -1.51. The molecule has 0 aliphatic carbocycles. The molecule has 0 spiro atoms. The van der Waals surface area contributed by atoms with Crippen LogP contribution in [0, 0.1) is 11.7 Å². The Bertz CT molecular complexity index is 634. The molecule has 0 aromatic heterocycles. The van der Waals surface area contributed by atoms with E-state index in [4.69, 9.17) is 5.73 Å². The number of nitrogens with one attached hydrogen (secondary N) is 1. The zero-order valence-corrected chi connectivity index (χ0v) is 13.7. The fraction of sp³-hybridized carbons (Fsp3) is 0.533. The zero-order valence-electron chi connectivity index (χ0n) is 12.9. The third-order valence-corrected chi connectivity index (χ3v) is 5.67. The van der Waals surface area contributed by atoms with Gasteiger partial charge in [-0.25, -0.2) is 17.1 Å². The maximum atomic E-state index is 12.9. The second kappa shape index (κ2) is 7.85. The van der Waals surface area contributed by atoms with E-state index in [2.05, 4.69) is 5.32 Å². The fourth-order valence-electron chi connectivity index (χ4n) is 2.63. The number of hydrogen-bond acceptors (Lipinski definition) is 4. The molecular weight excluding hydrogens is 321 g/mol. The molecule has 1 amide bonds. The van der Waals surface area contributed by atoms with Crippen LogP contribution in [-0.2, 0) is 20.6 Å². The molecule has 128 valence electrons. The van der Waals surface area contributed by atoms with Gasteiger partial charge in [-0.3, -0.25) is 4.79 Å². The molecule has 6 nitrogen and oxygen atoms in total. The van der Waals surface area contributed by atoms with Crippen LogP contribution in [0.15, 0.2) is 24.3 Å². The van der Waals surface area contributed by atoms with Gasteiger partial charge in [-0.05, 0) is 30.5 Å². The van der Waals surface area contributed by atoms with E-state index in [0.717, 1.165) is 0 Å². The van der Waals surface area contributed by atoms with Gasteiger partial charge < -0.3 is 11.1 Å². The molecule has 0 bridgehead atoms. The summed E-state index contributed by atoms with van der Waals surface area (Å²) in [7, 11) is -3.53. The van der Waals surface area contributed by atoms with Crippen LogP contribution in [-0.4, -0.2) is 44.8 Å². The van der Waals surface area contributed by atoms with Crippen molar-refractivity contribution in [1.29, 1.82) is 0 Å². The van der Waals surface area contributed by atoms with Crippen molar-refractivity contribution in [2.45, 2.75) is 18.6 Å². The van der Waals surface area contributed by atoms with Crippen LogP contribution < -0.4 is 11.1 Å². The third kappa shape index (κ3) is 4.98. The van der Waals surface area contributed by atoms with Gasteiger partial charge in [-0.1, -0.05) is 12.1 Å². The molecular formula is C15H22FN3O3S. The number of sulfonamides is 1. The van der Waals surface area contributed by atoms with Gasteiger partial charge in [0.2, 0.25) is 15.9 Å². The van der Waals surface area contributed by atoms with Gasteiger partial charge in [-0.2, -0.15) is 0 Å². The van der Waals surface area contributed by atoms with E-state index in [-0.39, 0.29) is 24.1 Å². The molecule has 23 heavy (non-hydrogen) atoms. The van der Waals surface area contributed by atoms with E-state index in [0.29, 0.717) is 38.0 Å². The van der Waals surface area contributed by atoms with Gasteiger partial charge in [0.15, 0.2) is 0 Å². The Morgan fingerprint density at radius 1 is 1.35 bits per heavy atom. The molecule has 1 aliphatic rings. The zero-order chi connectivity index (χ0) is 16.9. The van der Waals surface area contributed by atoms with Gasteiger partial charge >= 0.3 is 0 Å². The highest BCUT2D eigenvalue weighted by Crippen LogP contribution is 2.21. The Labute approximate surface area is 135 Å². The number of halogens is 1. The lowest BCUT2D eigenvalue weighted by Gasteiger charge is -2.31. The van der Waals surface area contributed by atoms with Gasteiger partial charge in [0.05, 0.1) is 11.7 Å². The van der Waals surface area contributed by atoms with E-state index < -0.39 is 15.8 Å². The van der Waals surface area contributed by atoms with Crippen molar-refractivity contribution in [2.75, 3.05) is 26.2 Å². The summed E-state index contributed by atoms with van der Waals surface area (Å²) in [5, 5.41) is 2.70. The van der Waals surface area contributed by atoms with Gasteiger partial charge in [0.1, 0.15) is 5.82 Å². The molecule has 1 aromatic carbocycles. The number of rotatable bonds is 6. The number of nitrogens with zero attached hydrogens (tertiary/aromatic N) is 1. The highest BCUT2D eigenvalue weighted by molar-refractivity contribution is 7.88. The van der Waals surface area contributed by atoms with Crippen LogP contribution in [0.1, 0.15) is 18.4 Å². The largest absolute Gasteiger partial charge is 0.355 e. The molecule has 1 aromatic rings. The number of benzene rings is 1. The summed E-state index contributed by atoms with van der Waals surface area (Å²) in [6.07, 6.45) is 1.31. The van der Waals surface area contributed by atoms with E-state index in [1.165, 1.54) is 28.6 Å². The predicted octanol–water partition coefficient (Wildman–Crippen LogP) is 0.442. The molecule has 1 aliphatic heterocycles. The summed E-state index contributed by atoms with van der Waals surface area (Å²) in [6.45, 7) is 1.33. The van der Waals surface area contributed by atoms with Crippen molar-refractivity contribution in [3.05, 3.63) is 35.6 Å². The van der Waals surface area contributed by atoms with E-state index in [1.807, 2.05) is 0 Å².